The highest BCUT2D eigenvalue weighted by atomic mass is 35.5. The van der Waals surface area contributed by atoms with Crippen LogP contribution < -0.4 is 0 Å². The molecule has 1 aliphatic heterocycles. The SMILES string of the molecule is COC(C)(C)OCc1ccc(CCCCCl)c(C2OCCO2)c1. The van der Waals surface area contributed by atoms with E-state index in [0.29, 0.717) is 25.7 Å². The summed E-state index contributed by atoms with van der Waals surface area (Å²) in [5, 5.41) is 0. The number of halogens is 1. The normalized spacial score (nSPS) is 16.2. The molecule has 23 heavy (non-hydrogen) atoms. The molecule has 0 radical (unpaired) electrons. The van der Waals surface area contributed by atoms with E-state index in [1.807, 2.05) is 13.8 Å². The third-order valence-corrected chi connectivity index (χ3v) is 4.26. The summed E-state index contributed by atoms with van der Waals surface area (Å²) in [6.45, 7) is 5.57. The lowest BCUT2D eigenvalue weighted by molar-refractivity contribution is -0.204. The van der Waals surface area contributed by atoms with Crippen LogP contribution in [0.4, 0.5) is 0 Å². The molecular formula is C18H27ClO4. The van der Waals surface area contributed by atoms with E-state index in [0.717, 1.165) is 30.4 Å². The highest BCUT2D eigenvalue weighted by Crippen LogP contribution is 2.29. The van der Waals surface area contributed by atoms with Crippen LogP contribution in [0.5, 0.6) is 0 Å². The van der Waals surface area contributed by atoms with E-state index < -0.39 is 5.79 Å². The number of alkyl halides is 1. The van der Waals surface area contributed by atoms with Crippen molar-refractivity contribution >= 4 is 11.6 Å². The fourth-order valence-corrected chi connectivity index (χ4v) is 2.63. The summed E-state index contributed by atoms with van der Waals surface area (Å²) in [4.78, 5) is 0. The van der Waals surface area contributed by atoms with Crippen LogP contribution in [0.15, 0.2) is 18.2 Å². The van der Waals surface area contributed by atoms with E-state index in [-0.39, 0.29) is 6.29 Å². The molecule has 1 aromatic carbocycles. The van der Waals surface area contributed by atoms with Crippen LogP contribution in [-0.2, 0) is 32.0 Å². The van der Waals surface area contributed by atoms with Gasteiger partial charge in [0.25, 0.3) is 0 Å². The van der Waals surface area contributed by atoms with Crippen molar-refractivity contribution in [1.29, 1.82) is 0 Å². The lowest BCUT2D eigenvalue weighted by Crippen LogP contribution is -2.26. The molecule has 0 atom stereocenters. The fourth-order valence-electron chi connectivity index (χ4n) is 2.45. The van der Waals surface area contributed by atoms with Crippen molar-refractivity contribution in [3.63, 3.8) is 0 Å². The molecule has 0 spiro atoms. The van der Waals surface area contributed by atoms with Gasteiger partial charge in [-0.1, -0.05) is 12.1 Å². The van der Waals surface area contributed by atoms with Gasteiger partial charge in [0.05, 0.1) is 19.8 Å². The van der Waals surface area contributed by atoms with Gasteiger partial charge in [-0.3, -0.25) is 0 Å². The molecule has 0 bridgehead atoms. The van der Waals surface area contributed by atoms with E-state index >= 15 is 0 Å². The van der Waals surface area contributed by atoms with Gasteiger partial charge in [0.15, 0.2) is 12.1 Å². The number of hydrogen-bond donors (Lipinski definition) is 0. The maximum atomic E-state index is 5.80. The van der Waals surface area contributed by atoms with E-state index in [1.165, 1.54) is 5.56 Å². The van der Waals surface area contributed by atoms with Crippen molar-refractivity contribution < 1.29 is 18.9 Å². The zero-order valence-corrected chi connectivity index (χ0v) is 15.0. The first-order valence-corrected chi connectivity index (χ1v) is 8.69. The van der Waals surface area contributed by atoms with Gasteiger partial charge in [0, 0.05) is 18.6 Å². The molecule has 1 fully saturated rings. The molecular weight excluding hydrogens is 316 g/mol. The van der Waals surface area contributed by atoms with Gasteiger partial charge in [0.1, 0.15) is 0 Å². The monoisotopic (exact) mass is 342 g/mol. The lowest BCUT2D eigenvalue weighted by atomic mass is 9.99. The smallest absolute Gasteiger partial charge is 0.184 e. The summed E-state index contributed by atoms with van der Waals surface area (Å²) in [7, 11) is 1.64. The molecule has 1 heterocycles. The van der Waals surface area contributed by atoms with Crippen LogP contribution in [0.2, 0.25) is 0 Å². The van der Waals surface area contributed by atoms with E-state index in [2.05, 4.69) is 18.2 Å². The van der Waals surface area contributed by atoms with Crippen LogP contribution >= 0.6 is 11.6 Å². The second-order valence-electron chi connectivity index (χ2n) is 6.15. The number of ether oxygens (including phenoxy) is 4. The number of hydrogen-bond acceptors (Lipinski definition) is 4. The van der Waals surface area contributed by atoms with Crippen molar-refractivity contribution in [3.8, 4) is 0 Å². The Labute approximate surface area is 144 Å². The minimum atomic E-state index is -0.598. The number of benzene rings is 1. The summed E-state index contributed by atoms with van der Waals surface area (Å²) in [6, 6.07) is 6.37. The highest BCUT2D eigenvalue weighted by Gasteiger charge is 2.22. The summed E-state index contributed by atoms with van der Waals surface area (Å²) >= 11 is 5.78. The number of methoxy groups -OCH3 is 1. The van der Waals surface area contributed by atoms with Gasteiger partial charge >= 0.3 is 0 Å². The molecule has 0 aromatic heterocycles. The summed E-state index contributed by atoms with van der Waals surface area (Å²) in [5.74, 6) is 0.101. The molecule has 0 amide bonds. The van der Waals surface area contributed by atoms with E-state index in [1.54, 1.807) is 7.11 Å². The largest absolute Gasteiger partial charge is 0.354 e. The van der Waals surface area contributed by atoms with Gasteiger partial charge in [-0.15, -0.1) is 11.6 Å². The van der Waals surface area contributed by atoms with Crippen molar-refractivity contribution in [2.24, 2.45) is 0 Å². The summed E-state index contributed by atoms with van der Waals surface area (Å²) < 4.78 is 22.5. The van der Waals surface area contributed by atoms with Gasteiger partial charge in [0.2, 0.25) is 0 Å². The predicted octanol–water partition coefficient (Wildman–Crippen LogP) is 4.19. The maximum Gasteiger partial charge on any atom is 0.184 e. The first kappa shape index (κ1) is 18.7. The molecule has 4 nitrogen and oxygen atoms in total. The predicted molar refractivity (Wildman–Crippen MR) is 90.6 cm³/mol. The molecule has 1 aliphatic rings. The first-order valence-electron chi connectivity index (χ1n) is 8.16. The van der Waals surface area contributed by atoms with Crippen LogP contribution in [0, 0.1) is 0 Å². The Morgan fingerprint density at radius 3 is 2.61 bits per heavy atom. The average Bonchev–Trinajstić information content (AvgIpc) is 3.08. The minimum Gasteiger partial charge on any atom is -0.354 e. The molecule has 1 saturated heterocycles. The van der Waals surface area contributed by atoms with Crippen molar-refractivity contribution in [2.45, 2.75) is 51.8 Å². The van der Waals surface area contributed by atoms with Crippen LogP contribution in [0.1, 0.15) is 49.7 Å². The van der Waals surface area contributed by atoms with Gasteiger partial charge in [-0.2, -0.15) is 0 Å². The van der Waals surface area contributed by atoms with Crippen molar-refractivity contribution in [3.05, 3.63) is 34.9 Å². The Morgan fingerprint density at radius 2 is 1.96 bits per heavy atom. The second kappa shape index (κ2) is 9.00. The third-order valence-electron chi connectivity index (χ3n) is 3.99. The summed E-state index contributed by atoms with van der Waals surface area (Å²) in [5.41, 5.74) is 3.45. The molecule has 2 rings (SSSR count). The van der Waals surface area contributed by atoms with Crippen molar-refractivity contribution in [1.82, 2.24) is 0 Å². The van der Waals surface area contributed by atoms with Gasteiger partial charge in [-0.05, 0) is 50.3 Å². The molecule has 5 heteroatoms. The maximum absolute atomic E-state index is 5.80. The van der Waals surface area contributed by atoms with Crippen LogP contribution in [0.3, 0.4) is 0 Å². The van der Waals surface area contributed by atoms with Crippen LogP contribution in [0.25, 0.3) is 0 Å². The Morgan fingerprint density at radius 1 is 1.22 bits per heavy atom. The second-order valence-corrected chi connectivity index (χ2v) is 6.52. The Bertz CT molecular complexity index is 484. The van der Waals surface area contributed by atoms with Gasteiger partial charge in [-0.25, -0.2) is 0 Å². The first-order chi connectivity index (χ1) is 11.1. The number of rotatable bonds is 9. The number of aryl methyl sites for hydroxylation is 1. The lowest BCUT2D eigenvalue weighted by Gasteiger charge is -2.24. The van der Waals surface area contributed by atoms with Crippen LogP contribution in [-0.4, -0.2) is 32.0 Å². The molecule has 0 saturated carbocycles. The quantitative estimate of drug-likeness (QED) is 0.383. The Kier molecular flexibility index (Phi) is 7.31. The Hall–Kier alpha value is -0.650. The van der Waals surface area contributed by atoms with Crippen molar-refractivity contribution in [2.75, 3.05) is 26.2 Å². The Balaban J connectivity index is 2.10. The molecule has 130 valence electrons. The highest BCUT2D eigenvalue weighted by molar-refractivity contribution is 6.17. The molecule has 0 aliphatic carbocycles. The fraction of sp³-hybridized carbons (Fsp3) is 0.667. The topological polar surface area (TPSA) is 36.9 Å². The number of unbranched alkanes of at least 4 members (excludes halogenated alkanes) is 1. The van der Waals surface area contributed by atoms with Gasteiger partial charge < -0.3 is 18.9 Å². The van der Waals surface area contributed by atoms with E-state index in [9.17, 15) is 0 Å². The minimum absolute atomic E-state index is 0.267. The standard InChI is InChI=1S/C18H27ClO4/c1-18(2,20-3)23-13-14-7-8-15(6-4-5-9-19)16(12-14)17-21-10-11-22-17/h7-8,12,17H,4-6,9-11,13H2,1-3H3. The zero-order valence-electron chi connectivity index (χ0n) is 14.3. The van der Waals surface area contributed by atoms with E-state index in [4.69, 9.17) is 30.5 Å². The molecule has 1 aromatic rings. The summed E-state index contributed by atoms with van der Waals surface area (Å²) in [6.07, 6.45) is 2.79. The average molecular weight is 343 g/mol. The molecule has 0 unspecified atom stereocenters. The third kappa shape index (κ3) is 5.73. The zero-order chi connectivity index (χ0) is 16.7. The molecule has 0 N–H and O–H groups in total.